The number of sulfone groups is 1. The van der Waals surface area contributed by atoms with Crippen LogP contribution in [0.4, 0.5) is 23.1 Å². The van der Waals surface area contributed by atoms with E-state index < -0.39 is 32.2 Å². The number of aliphatic hydroxyl groups is 1. The van der Waals surface area contributed by atoms with Crippen LogP contribution < -0.4 is 16.0 Å². The number of carbonyl (C=O) groups excluding carboxylic acids is 2. The van der Waals surface area contributed by atoms with Crippen molar-refractivity contribution in [3.05, 3.63) is 45.9 Å². The van der Waals surface area contributed by atoms with Crippen LogP contribution in [0.15, 0.2) is 34.5 Å². The fraction of sp³-hybridized carbons (Fsp3) is 0.263. The Labute approximate surface area is 205 Å². The summed E-state index contributed by atoms with van der Waals surface area (Å²) in [5, 5.41) is 19.3. The number of halogens is 3. The lowest BCUT2D eigenvalue weighted by atomic mass is 10.1. The van der Waals surface area contributed by atoms with Crippen LogP contribution >= 0.6 is 22.7 Å². The molecule has 2 heterocycles. The minimum Gasteiger partial charge on any atom is -0.389 e. The minimum absolute atomic E-state index is 0.0881. The molecule has 0 saturated carbocycles. The predicted octanol–water partition coefficient (Wildman–Crippen LogP) is 2.66. The highest BCUT2D eigenvalue weighted by atomic mass is 32.2. The van der Waals surface area contributed by atoms with Crippen molar-refractivity contribution in [2.75, 3.05) is 12.4 Å². The van der Waals surface area contributed by atoms with Gasteiger partial charge < -0.3 is 21.1 Å². The molecule has 3 amide bonds. The number of nitrogens with zero attached hydrogens (tertiary/aromatic N) is 2. The number of nitrogens with one attached hydrogen (secondary N) is 3. The van der Waals surface area contributed by atoms with Gasteiger partial charge in [0.05, 0.1) is 40.7 Å². The first-order valence-corrected chi connectivity index (χ1v) is 12.8. The van der Waals surface area contributed by atoms with Crippen molar-refractivity contribution >= 4 is 49.6 Å². The molecular formula is C19H18F3N5O5S3. The van der Waals surface area contributed by atoms with Crippen LogP contribution in [0.3, 0.4) is 0 Å². The van der Waals surface area contributed by atoms with Crippen LogP contribution in [0.1, 0.15) is 16.3 Å². The second-order valence-corrected chi connectivity index (χ2v) is 10.7. The van der Waals surface area contributed by atoms with Gasteiger partial charge >= 0.3 is 11.5 Å². The monoisotopic (exact) mass is 549 g/mol. The van der Waals surface area contributed by atoms with E-state index in [1.165, 1.54) is 18.4 Å². The summed E-state index contributed by atoms with van der Waals surface area (Å²) in [6, 6.07) is 3.44. The molecule has 3 rings (SSSR count). The third kappa shape index (κ3) is 6.33. The number of rotatable bonds is 8. The van der Waals surface area contributed by atoms with Crippen LogP contribution in [-0.4, -0.2) is 48.0 Å². The van der Waals surface area contributed by atoms with Gasteiger partial charge in [-0.25, -0.2) is 23.2 Å². The number of amides is 3. The highest BCUT2D eigenvalue weighted by Gasteiger charge is 2.46. The summed E-state index contributed by atoms with van der Waals surface area (Å²) in [7, 11) is -4.00. The summed E-state index contributed by atoms with van der Waals surface area (Å²) in [5.41, 5.74) is -4.15. The Kier molecular flexibility index (Phi) is 8.09. The summed E-state index contributed by atoms with van der Waals surface area (Å²) in [6.45, 7) is -0.209. The van der Waals surface area contributed by atoms with Crippen molar-refractivity contribution in [1.82, 2.24) is 20.6 Å². The van der Waals surface area contributed by atoms with Gasteiger partial charge in [0.2, 0.25) is 5.91 Å². The first-order valence-electron chi connectivity index (χ1n) is 9.65. The molecule has 1 aromatic carbocycles. The van der Waals surface area contributed by atoms with Crippen LogP contribution in [0, 0.1) is 0 Å². The summed E-state index contributed by atoms with van der Waals surface area (Å²) in [5.74, 6) is -0.515. The maximum Gasteiger partial charge on any atom is 0.501 e. The van der Waals surface area contributed by atoms with Gasteiger partial charge in [0.1, 0.15) is 5.01 Å². The molecule has 10 nitrogen and oxygen atoms in total. The summed E-state index contributed by atoms with van der Waals surface area (Å²) in [4.78, 5) is 32.1. The SMILES string of the molecule is CNC(=O)NCc1nc(CO)sc1-c1csc(NC(=O)Cc2ccc(S(=O)(=O)C(F)(F)F)cc2)n1. The van der Waals surface area contributed by atoms with E-state index in [2.05, 4.69) is 25.9 Å². The lowest BCUT2D eigenvalue weighted by Crippen LogP contribution is -2.32. The predicted molar refractivity (Wildman–Crippen MR) is 122 cm³/mol. The molecule has 0 radical (unpaired) electrons. The van der Waals surface area contributed by atoms with Crippen molar-refractivity contribution in [2.45, 2.75) is 30.0 Å². The van der Waals surface area contributed by atoms with E-state index in [0.29, 0.717) is 26.8 Å². The zero-order chi connectivity index (χ0) is 25.8. The van der Waals surface area contributed by atoms with Crippen LogP contribution in [0.5, 0.6) is 0 Å². The van der Waals surface area contributed by atoms with Gasteiger partial charge in [-0.15, -0.1) is 22.7 Å². The van der Waals surface area contributed by atoms with Gasteiger partial charge in [-0.1, -0.05) is 12.1 Å². The Balaban J connectivity index is 1.68. The van der Waals surface area contributed by atoms with E-state index in [4.69, 9.17) is 0 Å². The number of carbonyl (C=O) groups is 2. The number of hydrogen-bond acceptors (Lipinski definition) is 9. The molecule has 188 valence electrons. The van der Waals surface area contributed by atoms with Gasteiger partial charge in [-0.3, -0.25) is 4.79 Å². The maximum absolute atomic E-state index is 12.6. The second-order valence-electron chi connectivity index (χ2n) is 6.83. The van der Waals surface area contributed by atoms with Crippen molar-refractivity contribution in [1.29, 1.82) is 0 Å². The molecule has 2 aromatic heterocycles. The standard InChI is InChI=1S/C19H18F3N5O5S3/c1-23-17(30)24-7-12-16(34-15(8-28)25-12)13-9-33-18(26-13)27-14(29)6-10-2-4-11(5-3-10)35(31,32)19(20,21)22/h2-5,9,28H,6-8H2,1H3,(H2,23,24,30)(H,26,27,29). The first kappa shape index (κ1) is 26.5. The van der Waals surface area contributed by atoms with E-state index in [0.717, 1.165) is 35.6 Å². The molecule has 0 unspecified atom stereocenters. The molecule has 0 atom stereocenters. The lowest BCUT2D eigenvalue weighted by Gasteiger charge is -2.08. The van der Waals surface area contributed by atoms with Crippen LogP contribution in [0.25, 0.3) is 10.6 Å². The third-order valence-corrected chi connectivity index (χ3v) is 7.77. The summed E-state index contributed by atoms with van der Waals surface area (Å²) < 4.78 is 60.8. The molecule has 0 bridgehead atoms. The van der Waals surface area contributed by atoms with E-state index in [1.807, 2.05) is 0 Å². The molecule has 35 heavy (non-hydrogen) atoms. The number of urea groups is 1. The molecule has 0 fully saturated rings. The Morgan fingerprint density at radius 2 is 1.83 bits per heavy atom. The Hall–Kier alpha value is -3.08. The van der Waals surface area contributed by atoms with Gasteiger partial charge in [-0.2, -0.15) is 13.2 Å². The maximum atomic E-state index is 12.6. The largest absolute Gasteiger partial charge is 0.501 e. The van der Waals surface area contributed by atoms with Crippen LogP contribution in [0.2, 0.25) is 0 Å². The number of aliphatic hydroxyl groups excluding tert-OH is 1. The quantitative estimate of drug-likeness (QED) is 0.337. The summed E-state index contributed by atoms with van der Waals surface area (Å²) >= 11 is 2.30. The van der Waals surface area contributed by atoms with Crippen LogP contribution in [-0.2, 0) is 34.2 Å². The lowest BCUT2D eigenvalue weighted by molar-refractivity contribution is -0.115. The number of thiazole rings is 2. The van der Waals surface area contributed by atoms with E-state index in [9.17, 15) is 36.3 Å². The molecule has 0 aliphatic rings. The highest BCUT2D eigenvalue weighted by molar-refractivity contribution is 7.92. The average molecular weight is 550 g/mol. The number of aromatic nitrogens is 2. The number of alkyl halides is 3. The smallest absolute Gasteiger partial charge is 0.389 e. The highest BCUT2D eigenvalue weighted by Crippen LogP contribution is 2.33. The Morgan fingerprint density at radius 1 is 1.14 bits per heavy atom. The second kappa shape index (κ2) is 10.7. The van der Waals surface area contributed by atoms with Gasteiger partial charge in [0.25, 0.3) is 9.84 Å². The molecule has 0 spiro atoms. The number of hydrogen-bond donors (Lipinski definition) is 4. The van der Waals surface area contributed by atoms with Crippen molar-refractivity contribution < 1.29 is 36.3 Å². The molecule has 0 saturated heterocycles. The molecule has 0 aliphatic heterocycles. The molecule has 16 heteroatoms. The fourth-order valence-corrected chi connectivity index (χ4v) is 5.20. The molecule has 3 aromatic rings. The third-order valence-electron chi connectivity index (χ3n) is 4.41. The van der Waals surface area contributed by atoms with E-state index >= 15 is 0 Å². The van der Waals surface area contributed by atoms with Crippen molar-refractivity contribution in [3.63, 3.8) is 0 Å². The zero-order valence-electron chi connectivity index (χ0n) is 17.8. The first-order chi connectivity index (χ1) is 16.4. The zero-order valence-corrected chi connectivity index (χ0v) is 20.3. The average Bonchev–Trinajstić information content (AvgIpc) is 3.43. The summed E-state index contributed by atoms with van der Waals surface area (Å²) in [6.07, 6.45) is -0.224. The van der Waals surface area contributed by atoms with E-state index in [-0.39, 0.29) is 24.7 Å². The van der Waals surface area contributed by atoms with Gasteiger partial charge in [-0.05, 0) is 17.7 Å². The Morgan fingerprint density at radius 3 is 2.43 bits per heavy atom. The van der Waals surface area contributed by atoms with Crippen molar-refractivity contribution in [3.8, 4) is 10.6 Å². The number of anilines is 1. The topological polar surface area (TPSA) is 150 Å². The normalized spacial score (nSPS) is 11.8. The number of benzene rings is 1. The molecule has 4 N–H and O–H groups in total. The minimum atomic E-state index is -5.46. The van der Waals surface area contributed by atoms with E-state index in [1.54, 1.807) is 5.38 Å². The van der Waals surface area contributed by atoms with Crippen molar-refractivity contribution in [2.24, 2.45) is 0 Å². The fourth-order valence-electron chi connectivity index (χ4n) is 2.75. The van der Waals surface area contributed by atoms with Gasteiger partial charge in [0.15, 0.2) is 5.13 Å². The van der Waals surface area contributed by atoms with Gasteiger partial charge in [0, 0.05) is 12.4 Å². The molecule has 0 aliphatic carbocycles. The Bertz CT molecular complexity index is 1320. The molecular weight excluding hydrogens is 531 g/mol.